The summed E-state index contributed by atoms with van der Waals surface area (Å²) < 4.78 is 0. The minimum absolute atomic E-state index is 0.276. The average Bonchev–Trinajstić information content (AvgIpc) is 3.02. The number of hydrogen-bond donors (Lipinski definition) is 2. The number of aromatic nitrogens is 3. The fourth-order valence-corrected chi connectivity index (χ4v) is 2.96. The third-order valence-electron chi connectivity index (χ3n) is 3.16. The molecule has 0 aliphatic carbocycles. The molecule has 0 spiro atoms. The van der Waals surface area contributed by atoms with Crippen LogP contribution in [0.1, 0.15) is 15.9 Å². The zero-order chi connectivity index (χ0) is 16.2. The number of nitrogens with one attached hydrogen (secondary N) is 1. The molecule has 0 atom stereocenters. The molecule has 3 aromatic rings. The summed E-state index contributed by atoms with van der Waals surface area (Å²) in [4.78, 5) is 15.2. The van der Waals surface area contributed by atoms with E-state index < -0.39 is 5.97 Å². The van der Waals surface area contributed by atoms with Gasteiger partial charge in [0.2, 0.25) is 5.16 Å². The predicted molar refractivity (Wildman–Crippen MR) is 89.8 cm³/mol. The first-order valence-corrected chi connectivity index (χ1v) is 8.12. The summed E-state index contributed by atoms with van der Waals surface area (Å²) in [6.07, 6.45) is 0. The molecule has 2 aromatic carbocycles. The standard InChI is InChI=1S/C16H12ClN3O2S/c17-13-4-2-1-3-12(13)14-18-16(20-19-14)23-9-10-5-7-11(8-6-10)15(21)22/h1-8H,9H2,(H,21,22)(H,18,19,20). The Balaban J connectivity index is 1.68. The van der Waals surface area contributed by atoms with E-state index >= 15 is 0 Å². The van der Waals surface area contributed by atoms with E-state index in [9.17, 15) is 4.79 Å². The van der Waals surface area contributed by atoms with E-state index in [-0.39, 0.29) is 5.56 Å². The van der Waals surface area contributed by atoms with Crippen LogP contribution in [-0.2, 0) is 5.75 Å². The molecule has 0 amide bonds. The maximum atomic E-state index is 10.8. The lowest BCUT2D eigenvalue weighted by atomic mass is 10.1. The van der Waals surface area contributed by atoms with Crippen molar-refractivity contribution in [1.29, 1.82) is 0 Å². The number of aromatic amines is 1. The highest BCUT2D eigenvalue weighted by Crippen LogP contribution is 2.27. The third-order valence-corrected chi connectivity index (χ3v) is 4.41. The Bertz CT molecular complexity index is 833. The summed E-state index contributed by atoms with van der Waals surface area (Å²) in [5, 5.41) is 17.2. The molecule has 0 saturated heterocycles. The van der Waals surface area contributed by atoms with Crippen molar-refractivity contribution in [3.05, 3.63) is 64.7 Å². The van der Waals surface area contributed by atoms with E-state index in [0.717, 1.165) is 11.1 Å². The number of rotatable bonds is 5. The zero-order valence-corrected chi connectivity index (χ0v) is 13.4. The van der Waals surface area contributed by atoms with Crippen molar-refractivity contribution in [2.75, 3.05) is 0 Å². The molecule has 0 saturated carbocycles. The smallest absolute Gasteiger partial charge is 0.335 e. The Morgan fingerprint density at radius 2 is 1.91 bits per heavy atom. The van der Waals surface area contributed by atoms with Gasteiger partial charge in [-0.05, 0) is 29.8 Å². The molecular weight excluding hydrogens is 334 g/mol. The molecule has 0 unspecified atom stereocenters. The highest BCUT2D eigenvalue weighted by molar-refractivity contribution is 7.98. The van der Waals surface area contributed by atoms with Gasteiger partial charge in [0.15, 0.2) is 5.82 Å². The van der Waals surface area contributed by atoms with Gasteiger partial charge in [-0.3, -0.25) is 5.10 Å². The largest absolute Gasteiger partial charge is 0.478 e. The number of benzene rings is 2. The van der Waals surface area contributed by atoms with E-state index in [2.05, 4.69) is 15.2 Å². The Hall–Kier alpha value is -2.31. The molecule has 116 valence electrons. The molecule has 1 aromatic heterocycles. The number of aromatic carboxylic acids is 1. The molecule has 23 heavy (non-hydrogen) atoms. The van der Waals surface area contributed by atoms with E-state index in [1.807, 2.05) is 18.2 Å². The molecule has 0 aliphatic rings. The number of hydrogen-bond acceptors (Lipinski definition) is 4. The van der Waals surface area contributed by atoms with Gasteiger partial charge in [0, 0.05) is 11.3 Å². The number of thioether (sulfide) groups is 1. The van der Waals surface area contributed by atoms with Crippen molar-refractivity contribution in [3.8, 4) is 11.4 Å². The van der Waals surface area contributed by atoms with Gasteiger partial charge in [-0.2, -0.15) is 0 Å². The Morgan fingerprint density at radius 1 is 1.17 bits per heavy atom. The van der Waals surface area contributed by atoms with Crippen LogP contribution >= 0.6 is 23.4 Å². The lowest BCUT2D eigenvalue weighted by Gasteiger charge is -2.00. The van der Waals surface area contributed by atoms with Gasteiger partial charge in [-0.25, -0.2) is 9.78 Å². The quantitative estimate of drug-likeness (QED) is 0.680. The molecule has 0 bridgehead atoms. The Morgan fingerprint density at radius 3 is 2.61 bits per heavy atom. The lowest BCUT2D eigenvalue weighted by molar-refractivity contribution is 0.0697. The van der Waals surface area contributed by atoms with Crippen molar-refractivity contribution in [2.24, 2.45) is 0 Å². The predicted octanol–water partition coefficient (Wildman–Crippen LogP) is 4.12. The monoisotopic (exact) mass is 345 g/mol. The second kappa shape index (κ2) is 6.85. The number of carbonyl (C=O) groups is 1. The molecule has 3 rings (SSSR count). The summed E-state index contributed by atoms with van der Waals surface area (Å²) in [7, 11) is 0. The third kappa shape index (κ3) is 3.72. The van der Waals surface area contributed by atoms with Crippen molar-refractivity contribution < 1.29 is 9.90 Å². The number of halogens is 1. The van der Waals surface area contributed by atoms with Crippen LogP contribution in [0.15, 0.2) is 53.7 Å². The van der Waals surface area contributed by atoms with Crippen LogP contribution in [-0.4, -0.2) is 26.3 Å². The van der Waals surface area contributed by atoms with Gasteiger partial charge in [-0.15, -0.1) is 5.10 Å². The van der Waals surface area contributed by atoms with Crippen LogP contribution in [0.25, 0.3) is 11.4 Å². The van der Waals surface area contributed by atoms with Crippen LogP contribution < -0.4 is 0 Å². The fourth-order valence-electron chi connectivity index (χ4n) is 1.98. The van der Waals surface area contributed by atoms with Crippen molar-refractivity contribution in [2.45, 2.75) is 10.9 Å². The van der Waals surface area contributed by atoms with Crippen LogP contribution in [0.5, 0.6) is 0 Å². The summed E-state index contributed by atoms with van der Waals surface area (Å²) in [6, 6.07) is 14.2. The highest BCUT2D eigenvalue weighted by atomic mass is 35.5. The summed E-state index contributed by atoms with van der Waals surface area (Å²) in [5.74, 6) is 0.349. The van der Waals surface area contributed by atoms with E-state index in [0.29, 0.717) is 21.8 Å². The Labute approximate surface area is 141 Å². The SMILES string of the molecule is O=C(O)c1ccc(CSc2n[nH]c(-c3ccccc3Cl)n2)cc1. The van der Waals surface area contributed by atoms with Crippen molar-refractivity contribution >= 4 is 29.3 Å². The summed E-state index contributed by atoms with van der Waals surface area (Å²) in [6.45, 7) is 0. The molecule has 1 heterocycles. The number of carboxylic acid groups (broad SMARTS) is 1. The minimum atomic E-state index is -0.928. The Kier molecular flexibility index (Phi) is 4.64. The van der Waals surface area contributed by atoms with E-state index in [1.165, 1.54) is 11.8 Å². The lowest BCUT2D eigenvalue weighted by Crippen LogP contribution is -1.95. The number of H-pyrrole nitrogens is 1. The average molecular weight is 346 g/mol. The second-order valence-corrected chi connectivity index (χ2v) is 6.09. The molecule has 0 radical (unpaired) electrons. The van der Waals surface area contributed by atoms with Crippen molar-refractivity contribution in [3.63, 3.8) is 0 Å². The molecule has 7 heteroatoms. The first-order valence-electron chi connectivity index (χ1n) is 6.76. The minimum Gasteiger partial charge on any atom is -0.478 e. The van der Waals surface area contributed by atoms with E-state index in [1.54, 1.807) is 30.3 Å². The van der Waals surface area contributed by atoms with Gasteiger partial charge in [0.05, 0.1) is 10.6 Å². The molecule has 5 nitrogen and oxygen atoms in total. The maximum absolute atomic E-state index is 10.8. The van der Waals surface area contributed by atoms with Crippen LogP contribution in [0.3, 0.4) is 0 Å². The molecule has 2 N–H and O–H groups in total. The van der Waals surface area contributed by atoms with Gasteiger partial charge in [0.25, 0.3) is 0 Å². The van der Waals surface area contributed by atoms with Gasteiger partial charge in [0.1, 0.15) is 0 Å². The van der Waals surface area contributed by atoms with Crippen LogP contribution in [0.4, 0.5) is 0 Å². The number of nitrogens with zero attached hydrogens (tertiary/aromatic N) is 2. The van der Waals surface area contributed by atoms with Crippen LogP contribution in [0.2, 0.25) is 5.02 Å². The normalized spacial score (nSPS) is 10.7. The van der Waals surface area contributed by atoms with Gasteiger partial charge in [-0.1, -0.05) is 47.6 Å². The summed E-state index contributed by atoms with van der Waals surface area (Å²) >= 11 is 7.60. The number of carboxylic acids is 1. The van der Waals surface area contributed by atoms with Gasteiger partial charge < -0.3 is 5.11 Å². The zero-order valence-electron chi connectivity index (χ0n) is 11.9. The summed E-state index contributed by atoms with van der Waals surface area (Å²) in [5.41, 5.74) is 2.08. The topological polar surface area (TPSA) is 78.9 Å². The van der Waals surface area contributed by atoms with Crippen LogP contribution in [0, 0.1) is 0 Å². The molecule has 0 aliphatic heterocycles. The second-order valence-electron chi connectivity index (χ2n) is 4.74. The van der Waals surface area contributed by atoms with Gasteiger partial charge >= 0.3 is 5.97 Å². The first kappa shape index (κ1) is 15.6. The molecule has 0 fully saturated rings. The van der Waals surface area contributed by atoms with Crippen molar-refractivity contribution in [1.82, 2.24) is 15.2 Å². The first-order chi connectivity index (χ1) is 11.1. The van der Waals surface area contributed by atoms with E-state index in [4.69, 9.17) is 16.7 Å². The maximum Gasteiger partial charge on any atom is 0.335 e. The molecular formula is C16H12ClN3O2S. The highest BCUT2D eigenvalue weighted by Gasteiger charge is 2.09. The fraction of sp³-hybridized carbons (Fsp3) is 0.0625.